The first-order chi connectivity index (χ1) is 8.53. The fourth-order valence-electron chi connectivity index (χ4n) is 1.27. The second kappa shape index (κ2) is 5.04. The van der Waals surface area contributed by atoms with Gasteiger partial charge < -0.3 is 5.11 Å². The summed E-state index contributed by atoms with van der Waals surface area (Å²) in [5.74, 6) is 0.177. The van der Waals surface area contributed by atoms with Crippen LogP contribution in [0.15, 0.2) is 34.0 Å². The molecule has 9 heteroatoms. The summed E-state index contributed by atoms with van der Waals surface area (Å²) in [4.78, 5) is 3.89. The molecule has 7 nitrogen and oxygen atoms in total. The zero-order chi connectivity index (χ0) is 13.2. The maximum Gasteiger partial charge on any atom is 0.280 e. The van der Waals surface area contributed by atoms with Crippen molar-refractivity contribution in [3.63, 3.8) is 0 Å². The SMILES string of the molecule is O=S(=O)(Nc1ccc(Br)cn1)c1[nH]ncc1CO. The number of hydrogen-bond acceptors (Lipinski definition) is 5. The van der Waals surface area contributed by atoms with Gasteiger partial charge in [0.05, 0.1) is 12.8 Å². The molecule has 18 heavy (non-hydrogen) atoms. The summed E-state index contributed by atoms with van der Waals surface area (Å²) in [7, 11) is -3.83. The van der Waals surface area contributed by atoms with Crippen molar-refractivity contribution in [2.75, 3.05) is 4.72 Å². The van der Waals surface area contributed by atoms with E-state index in [0.717, 1.165) is 4.47 Å². The minimum absolute atomic E-state index is 0.172. The Kier molecular flexibility index (Phi) is 3.64. The first-order valence-corrected chi connectivity index (χ1v) is 7.08. The van der Waals surface area contributed by atoms with E-state index in [2.05, 4.69) is 35.8 Å². The van der Waals surface area contributed by atoms with E-state index in [1.165, 1.54) is 18.5 Å². The average Bonchev–Trinajstić information content (AvgIpc) is 2.81. The van der Waals surface area contributed by atoms with Crippen molar-refractivity contribution in [2.45, 2.75) is 11.6 Å². The Morgan fingerprint density at radius 3 is 2.78 bits per heavy atom. The Morgan fingerprint density at radius 2 is 2.17 bits per heavy atom. The van der Waals surface area contributed by atoms with E-state index in [4.69, 9.17) is 5.11 Å². The van der Waals surface area contributed by atoms with Gasteiger partial charge in [0, 0.05) is 16.2 Å². The Labute approximate surface area is 111 Å². The first-order valence-electron chi connectivity index (χ1n) is 4.80. The molecule has 0 amide bonds. The van der Waals surface area contributed by atoms with E-state index in [-0.39, 0.29) is 16.4 Å². The van der Waals surface area contributed by atoms with Crippen LogP contribution in [0, 0.1) is 0 Å². The molecule has 0 fully saturated rings. The summed E-state index contributed by atoms with van der Waals surface area (Å²) in [6.07, 6.45) is 2.72. The topological polar surface area (TPSA) is 108 Å². The molecule has 0 radical (unpaired) electrons. The number of nitrogens with zero attached hydrogens (tertiary/aromatic N) is 2. The summed E-state index contributed by atoms with van der Waals surface area (Å²) in [5.41, 5.74) is 0.194. The number of pyridine rings is 1. The summed E-state index contributed by atoms with van der Waals surface area (Å²) in [5, 5.41) is 14.7. The van der Waals surface area contributed by atoms with Gasteiger partial charge >= 0.3 is 0 Å². The lowest BCUT2D eigenvalue weighted by atomic mass is 10.4. The normalized spacial score (nSPS) is 11.4. The fraction of sp³-hybridized carbons (Fsp3) is 0.111. The van der Waals surface area contributed by atoms with Crippen LogP contribution >= 0.6 is 15.9 Å². The quantitative estimate of drug-likeness (QED) is 0.769. The van der Waals surface area contributed by atoms with Crippen molar-refractivity contribution in [3.8, 4) is 0 Å². The molecule has 2 aromatic heterocycles. The van der Waals surface area contributed by atoms with Crippen molar-refractivity contribution in [2.24, 2.45) is 0 Å². The van der Waals surface area contributed by atoms with Crippen molar-refractivity contribution >= 4 is 31.8 Å². The summed E-state index contributed by atoms with van der Waals surface area (Å²) in [6, 6.07) is 3.17. The molecule has 0 aliphatic rings. The number of rotatable bonds is 4. The third-order valence-electron chi connectivity index (χ3n) is 2.08. The maximum atomic E-state index is 12.0. The number of nitrogens with one attached hydrogen (secondary N) is 2. The van der Waals surface area contributed by atoms with Gasteiger partial charge in [0.1, 0.15) is 5.82 Å². The summed E-state index contributed by atoms with van der Waals surface area (Å²) >= 11 is 3.20. The third-order valence-corrected chi connectivity index (χ3v) is 3.92. The standard InChI is InChI=1S/C9H9BrN4O3S/c10-7-1-2-8(11-4-7)14-18(16,17)9-6(5-15)3-12-13-9/h1-4,15H,5H2,(H,11,14)(H,12,13). The maximum absolute atomic E-state index is 12.0. The molecule has 96 valence electrons. The van der Waals surface area contributed by atoms with Gasteiger partial charge in [-0.2, -0.15) is 13.5 Å². The number of aliphatic hydroxyl groups is 1. The minimum atomic E-state index is -3.83. The van der Waals surface area contributed by atoms with Crippen LogP contribution in [-0.2, 0) is 16.6 Å². The fourth-order valence-corrected chi connectivity index (χ4v) is 2.64. The van der Waals surface area contributed by atoms with Gasteiger partial charge in [0.2, 0.25) is 0 Å². The van der Waals surface area contributed by atoms with Crippen LogP contribution in [0.2, 0.25) is 0 Å². The predicted molar refractivity (Wildman–Crippen MR) is 67.3 cm³/mol. The van der Waals surface area contributed by atoms with E-state index < -0.39 is 16.6 Å². The van der Waals surface area contributed by atoms with Crippen LogP contribution in [0.5, 0.6) is 0 Å². The molecule has 0 bridgehead atoms. The number of H-pyrrole nitrogens is 1. The van der Waals surface area contributed by atoms with Crippen LogP contribution in [0.3, 0.4) is 0 Å². The van der Waals surface area contributed by atoms with Crippen LogP contribution in [0.25, 0.3) is 0 Å². The molecule has 0 aromatic carbocycles. The molecular formula is C9H9BrN4O3S. The van der Waals surface area contributed by atoms with Crippen molar-refractivity contribution < 1.29 is 13.5 Å². The first kappa shape index (κ1) is 13.0. The van der Waals surface area contributed by atoms with E-state index in [1.54, 1.807) is 6.07 Å². The number of aliphatic hydroxyl groups excluding tert-OH is 1. The van der Waals surface area contributed by atoms with Gasteiger partial charge in [-0.3, -0.25) is 9.82 Å². The van der Waals surface area contributed by atoms with Crippen molar-refractivity contribution in [3.05, 3.63) is 34.6 Å². The smallest absolute Gasteiger partial charge is 0.280 e. The number of anilines is 1. The molecule has 0 aliphatic heterocycles. The highest BCUT2D eigenvalue weighted by Crippen LogP contribution is 2.17. The molecule has 0 spiro atoms. The number of halogens is 1. The second-order valence-corrected chi connectivity index (χ2v) is 5.88. The number of sulfonamides is 1. The van der Waals surface area contributed by atoms with Crippen molar-refractivity contribution in [1.82, 2.24) is 15.2 Å². The lowest BCUT2D eigenvalue weighted by Crippen LogP contribution is -2.16. The molecule has 2 rings (SSSR count). The zero-order valence-corrected chi connectivity index (χ0v) is 11.4. The van der Waals surface area contributed by atoms with Gasteiger partial charge in [0.15, 0.2) is 5.03 Å². The zero-order valence-electron chi connectivity index (χ0n) is 8.96. The van der Waals surface area contributed by atoms with Crippen LogP contribution in [0.1, 0.15) is 5.56 Å². The monoisotopic (exact) mass is 332 g/mol. The number of aromatic nitrogens is 3. The lowest BCUT2D eigenvalue weighted by molar-refractivity contribution is 0.278. The molecule has 2 aromatic rings. The Balaban J connectivity index is 2.30. The number of hydrogen-bond donors (Lipinski definition) is 3. The van der Waals surface area contributed by atoms with Gasteiger partial charge in [-0.05, 0) is 28.1 Å². The molecule has 3 N–H and O–H groups in total. The lowest BCUT2D eigenvalue weighted by Gasteiger charge is -2.06. The van der Waals surface area contributed by atoms with Gasteiger partial charge in [-0.1, -0.05) is 0 Å². The predicted octanol–water partition coefficient (Wildman–Crippen LogP) is 0.860. The highest BCUT2D eigenvalue weighted by molar-refractivity contribution is 9.10. The summed E-state index contributed by atoms with van der Waals surface area (Å²) < 4.78 is 27.0. The highest BCUT2D eigenvalue weighted by atomic mass is 79.9. The largest absolute Gasteiger partial charge is 0.392 e. The Morgan fingerprint density at radius 1 is 1.39 bits per heavy atom. The third kappa shape index (κ3) is 2.68. The van der Waals surface area contributed by atoms with E-state index >= 15 is 0 Å². The minimum Gasteiger partial charge on any atom is -0.392 e. The van der Waals surface area contributed by atoms with Gasteiger partial charge in [0.25, 0.3) is 10.0 Å². The van der Waals surface area contributed by atoms with Crippen LogP contribution in [0.4, 0.5) is 5.82 Å². The molecule has 0 unspecified atom stereocenters. The Bertz CT molecular complexity index is 638. The van der Waals surface area contributed by atoms with Gasteiger partial charge in [-0.15, -0.1) is 0 Å². The molecular weight excluding hydrogens is 324 g/mol. The molecule has 0 saturated carbocycles. The van der Waals surface area contributed by atoms with E-state index in [0.29, 0.717) is 0 Å². The van der Waals surface area contributed by atoms with Crippen molar-refractivity contribution in [1.29, 1.82) is 0 Å². The van der Waals surface area contributed by atoms with Crippen LogP contribution < -0.4 is 4.72 Å². The second-order valence-electron chi connectivity index (χ2n) is 3.35. The Hall–Kier alpha value is -1.45. The van der Waals surface area contributed by atoms with E-state index in [9.17, 15) is 8.42 Å². The molecule has 0 saturated heterocycles. The van der Waals surface area contributed by atoms with E-state index in [1.807, 2.05) is 0 Å². The molecule has 0 atom stereocenters. The summed E-state index contributed by atoms with van der Waals surface area (Å²) in [6.45, 7) is -0.416. The number of aromatic amines is 1. The average molecular weight is 333 g/mol. The molecule has 0 aliphatic carbocycles. The molecule has 2 heterocycles. The highest BCUT2D eigenvalue weighted by Gasteiger charge is 2.20. The van der Waals surface area contributed by atoms with Gasteiger partial charge in [-0.25, -0.2) is 4.98 Å². The van der Waals surface area contributed by atoms with Crippen LogP contribution in [-0.4, -0.2) is 28.7 Å².